The van der Waals surface area contributed by atoms with Gasteiger partial charge in [-0.15, -0.1) is 0 Å². The SMILES string of the molecule is CC(=O)N1c2ccc(-c3ccc(CN4CCCNCC4)cc3)cc2[C@H](N(C(=O)O)C(C)C)C[C@@H]1C. The summed E-state index contributed by atoms with van der Waals surface area (Å²) in [5, 5.41) is 13.4. The van der Waals surface area contributed by atoms with Crippen molar-refractivity contribution in [2.24, 2.45) is 0 Å². The van der Waals surface area contributed by atoms with E-state index >= 15 is 0 Å². The molecule has 0 aromatic heterocycles. The normalized spacial score (nSPS) is 20.9. The van der Waals surface area contributed by atoms with Gasteiger partial charge in [0.25, 0.3) is 0 Å². The minimum absolute atomic E-state index is 0.0237. The van der Waals surface area contributed by atoms with Gasteiger partial charge >= 0.3 is 6.09 Å². The first-order valence-corrected chi connectivity index (χ1v) is 12.7. The fraction of sp³-hybridized carbons (Fsp3) is 0.500. The molecule has 188 valence electrons. The van der Waals surface area contributed by atoms with Gasteiger partial charge in [-0.3, -0.25) is 14.6 Å². The van der Waals surface area contributed by atoms with Crippen molar-refractivity contribution >= 4 is 17.7 Å². The van der Waals surface area contributed by atoms with Gasteiger partial charge < -0.3 is 15.3 Å². The fourth-order valence-electron chi connectivity index (χ4n) is 5.59. The highest BCUT2D eigenvalue weighted by Gasteiger charge is 2.38. The summed E-state index contributed by atoms with van der Waals surface area (Å²) in [4.78, 5) is 30.5. The predicted octanol–water partition coefficient (Wildman–Crippen LogP) is 4.72. The number of fused-ring (bicyclic) bond motifs is 1. The van der Waals surface area contributed by atoms with Crippen LogP contribution in [0, 0.1) is 0 Å². The van der Waals surface area contributed by atoms with E-state index in [1.807, 2.05) is 32.9 Å². The first kappa shape index (κ1) is 25.2. The quantitative estimate of drug-likeness (QED) is 0.650. The maximum absolute atomic E-state index is 12.5. The molecule has 0 saturated carbocycles. The van der Waals surface area contributed by atoms with E-state index in [0.29, 0.717) is 6.42 Å². The van der Waals surface area contributed by atoms with Gasteiger partial charge in [-0.25, -0.2) is 4.79 Å². The number of anilines is 1. The fourth-order valence-corrected chi connectivity index (χ4v) is 5.59. The Labute approximate surface area is 208 Å². The Balaban J connectivity index is 1.65. The van der Waals surface area contributed by atoms with Gasteiger partial charge in [-0.2, -0.15) is 0 Å². The van der Waals surface area contributed by atoms with Crippen LogP contribution >= 0.6 is 0 Å². The Morgan fingerprint density at radius 2 is 1.80 bits per heavy atom. The summed E-state index contributed by atoms with van der Waals surface area (Å²) in [7, 11) is 0. The van der Waals surface area contributed by atoms with Gasteiger partial charge in [0.15, 0.2) is 0 Å². The topological polar surface area (TPSA) is 76.1 Å². The van der Waals surface area contributed by atoms with Gasteiger partial charge in [0, 0.05) is 44.3 Å². The number of nitrogens with one attached hydrogen (secondary N) is 1. The summed E-state index contributed by atoms with van der Waals surface area (Å²) in [5.41, 5.74) is 5.12. The highest BCUT2D eigenvalue weighted by Crippen LogP contribution is 2.43. The van der Waals surface area contributed by atoms with Crippen LogP contribution in [0.4, 0.5) is 10.5 Å². The lowest BCUT2D eigenvalue weighted by Crippen LogP contribution is -2.48. The van der Waals surface area contributed by atoms with E-state index in [-0.39, 0.29) is 24.0 Å². The van der Waals surface area contributed by atoms with E-state index in [2.05, 4.69) is 40.5 Å². The molecule has 2 amide bonds. The van der Waals surface area contributed by atoms with Crippen LogP contribution in [0.2, 0.25) is 0 Å². The second-order valence-electron chi connectivity index (χ2n) is 10.1. The summed E-state index contributed by atoms with van der Waals surface area (Å²) in [6, 6.07) is 14.2. The lowest BCUT2D eigenvalue weighted by Gasteiger charge is -2.43. The van der Waals surface area contributed by atoms with Crippen molar-refractivity contribution in [3.05, 3.63) is 53.6 Å². The number of benzene rings is 2. The lowest BCUT2D eigenvalue weighted by atomic mass is 9.87. The van der Waals surface area contributed by atoms with Crippen molar-refractivity contribution in [3.63, 3.8) is 0 Å². The molecule has 0 radical (unpaired) electrons. The highest BCUT2D eigenvalue weighted by molar-refractivity contribution is 5.94. The van der Waals surface area contributed by atoms with Crippen molar-refractivity contribution < 1.29 is 14.7 Å². The van der Waals surface area contributed by atoms with Crippen molar-refractivity contribution in [1.29, 1.82) is 0 Å². The predicted molar refractivity (Wildman–Crippen MR) is 140 cm³/mol. The number of hydrogen-bond acceptors (Lipinski definition) is 4. The van der Waals surface area contributed by atoms with Crippen LogP contribution in [0.25, 0.3) is 11.1 Å². The number of carboxylic acid groups (broad SMARTS) is 1. The third-order valence-corrected chi connectivity index (χ3v) is 7.23. The Bertz CT molecular complexity index is 1040. The Hall–Kier alpha value is -2.90. The molecule has 2 atom stereocenters. The summed E-state index contributed by atoms with van der Waals surface area (Å²) < 4.78 is 0. The molecule has 2 aliphatic rings. The molecule has 2 N–H and O–H groups in total. The standard InChI is InChI=1S/C28H38N4O3/c1-19(2)31(28(34)35)27-16-20(3)32(21(4)33)26-11-10-24(17-25(26)27)23-8-6-22(7-9-23)18-30-14-5-12-29-13-15-30/h6-11,17,19-20,27,29H,5,12-16,18H2,1-4H3,(H,34,35)/t20-,27+/m0/s1. The number of hydrogen-bond donors (Lipinski definition) is 2. The molecule has 2 heterocycles. The molecule has 0 unspecified atom stereocenters. The Kier molecular flexibility index (Phi) is 7.77. The zero-order valence-corrected chi connectivity index (χ0v) is 21.3. The van der Waals surface area contributed by atoms with Crippen molar-refractivity contribution in [2.45, 2.75) is 65.2 Å². The lowest BCUT2D eigenvalue weighted by molar-refractivity contribution is -0.117. The van der Waals surface area contributed by atoms with Crippen LogP contribution in [-0.2, 0) is 11.3 Å². The van der Waals surface area contributed by atoms with E-state index in [1.54, 1.807) is 11.8 Å². The summed E-state index contributed by atoms with van der Waals surface area (Å²) in [6.45, 7) is 12.6. The van der Waals surface area contributed by atoms with E-state index in [1.165, 1.54) is 16.9 Å². The maximum atomic E-state index is 12.5. The molecule has 35 heavy (non-hydrogen) atoms. The molecular formula is C28H38N4O3. The third-order valence-electron chi connectivity index (χ3n) is 7.23. The maximum Gasteiger partial charge on any atom is 0.408 e. The average Bonchev–Trinajstić information content (AvgIpc) is 3.07. The molecule has 2 aromatic carbocycles. The average molecular weight is 479 g/mol. The van der Waals surface area contributed by atoms with Crippen molar-refractivity contribution in [2.75, 3.05) is 31.1 Å². The van der Waals surface area contributed by atoms with E-state index < -0.39 is 6.09 Å². The first-order valence-electron chi connectivity index (χ1n) is 12.7. The number of carbonyl (C=O) groups is 2. The molecule has 7 heteroatoms. The molecule has 0 bridgehead atoms. The summed E-state index contributed by atoms with van der Waals surface area (Å²) in [6.07, 6.45) is 0.816. The van der Waals surface area contributed by atoms with E-state index in [0.717, 1.165) is 55.1 Å². The minimum Gasteiger partial charge on any atom is -0.465 e. The van der Waals surface area contributed by atoms with Gasteiger partial charge in [0.05, 0.1) is 6.04 Å². The van der Waals surface area contributed by atoms with E-state index in [4.69, 9.17) is 0 Å². The number of nitrogens with zero attached hydrogens (tertiary/aromatic N) is 3. The molecule has 4 rings (SSSR count). The van der Waals surface area contributed by atoms with Crippen LogP contribution < -0.4 is 10.2 Å². The molecule has 2 aliphatic heterocycles. The minimum atomic E-state index is -0.933. The molecule has 0 aliphatic carbocycles. The third kappa shape index (κ3) is 5.52. The second kappa shape index (κ2) is 10.8. The van der Waals surface area contributed by atoms with Crippen LogP contribution in [0.15, 0.2) is 42.5 Å². The highest BCUT2D eigenvalue weighted by atomic mass is 16.4. The summed E-state index contributed by atoms with van der Waals surface area (Å²) >= 11 is 0. The monoisotopic (exact) mass is 478 g/mol. The van der Waals surface area contributed by atoms with Gasteiger partial charge in [0.2, 0.25) is 5.91 Å². The number of carbonyl (C=O) groups excluding carboxylic acids is 1. The second-order valence-corrected chi connectivity index (χ2v) is 10.1. The Morgan fingerprint density at radius 3 is 2.46 bits per heavy atom. The van der Waals surface area contributed by atoms with Crippen LogP contribution in [0.5, 0.6) is 0 Å². The van der Waals surface area contributed by atoms with Gasteiger partial charge in [-0.05, 0) is 81.1 Å². The molecule has 7 nitrogen and oxygen atoms in total. The molecule has 0 spiro atoms. The van der Waals surface area contributed by atoms with Crippen LogP contribution in [-0.4, -0.2) is 65.2 Å². The largest absolute Gasteiger partial charge is 0.465 e. The van der Waals surface area contributed by atoms with Crippen LogP contribution in [0.3, 0.4) is 0 Å². The molecular weight excluding hydrogens is 440 g/mol. The smallest absolute Gasteiger partial charge is 0.408 e. The zero-order chi connectivity index (χ0) is 25.1. The van der Waals surface area contributed by atoms with Gasteiger partial charge in [0.1, 0.15) is 0 Å². The molecule has 1 saturated heterocycles. The number of amides is 2. The molecule has 1 fully saturated rings. The van der Waals surface area contributed by atoms with Crippen molar-refractivity contribution in [1.82, 2.24) is 15.1 Å². The first-order chi connectivity index (χ1) is 16.8. The van der Waals surface area contributed by atoms with E-state index in [9.17, 15) is 14.7 Å². The number of rotatable bonds is 5. The van der Waals surface area contributed by atoms with Crippen molar-refractivity contribution in [3.8, 4) is 11.1 Å². The summed E-state index contributed by atoms with van der Waals surface area (Å²) in [5.74, 6) is -0.0237. The Morgan fingerprint density at radius 1 is 1.09 bits per heavy atom. The van der Waals surface area contributed by atoms with Gasteiger partial charge in [-0.1, -0.05) is 30.3 Å². The van der Waals surface area contributed by atoms with Crippen LogP contribution in [0.1, 0.15) is 57.7 Å². The zero-order valence-electron chi connectivity index (χ0n) is 21.3. The molecule has 2 aromatic rings.